The summed E-state index contributed by atoms with van der Waals surface area (Å²) in [6, 6.07) is 7.18. The monoisotopic (exact) mass is 232 g/mol. The van der Waals surface area contributed by atoms with Crippen molar-refractivity contribution in [1.82, 2.24) is 0 Å². The first-order valence-electron chi connectivity index (χ1n) is 5.32. The molecular weight excluding hydrogens is 216 g/mol. The number of aryl methyl sites for hydroxylation is 1. The number of nitriles is 1. The first-order valence-corrected chi connectivity index (χ1v) is 5.32. The Kier molecular flexibility index (Phi) is 3.74. The van der Waals surface area contributed by atoms with Crippen LogP contribution in [0, 0.1) is 18.3 Å². The van der Waals surface area contributed by atoms with E-state index in [0.29, 0.717) is 11.3 Å². The summed E-state index contributed by atoms with van der Waals surface area (Å²) in [5, 5.41) is 11.4. The van der Waals surface area contributed by atoms with Crippen LogP contribution in [0.2, 0.25) is 0 Å². The number of hydrogen-bond acceptors (Lipinski definition) is 3. The van der Waals surface area contributed by atoms with Crippen molar-refractivity contribution in [3.05, 3.63) is 29.3 Å². The van der Waals surface area contributed by atoms with Crippen LogP contribution >= 0.6 is 0 Å². The van der Waals surface area contributed by atoms with Gasteiger partial charge in [-0.2, -0.15) is 5.26 Å². The van der Waals surface area contributed by atoms with E-state index in [9.17, 15) is 4.79 Å². The number of rotatable bonds is 1. The van der Waals surface area contributed by atoms with Crippen molar-refractivity contribution >= 4 is 11.8 Å². The van der Waals surface area contributed by atoms with Gasteiger partial charge in [-0.3, -0.25) is 5.32 Å². The lowest BCUT2D eigenvalue weighted by Crippen LogP contribution is -2.27. The Labute approximate surface area is 101 Å². The lowest BCUT2D eigenvalue weighted by atomic mass is 10.1. The molecule has 0 radical (unpaired) electrons. The van der Waals surface area contributed by atoms with Crippen molar-refractivity contribution in [3.63, 3.8) is 0 Å². The molecule has 0 aromatic heterocycles. The molecule has 0 unspecified atom stereocenters. The van der Waals surface area contributed by atoms with Crippen molar-refractivity contribution in [2.75, 3.05) is 5.32 Å². The predicted molar refractivity (Wildman–Crippen MR) is 65.8 cm³/mol. The molecule has 0 aliphatic heterocycles. The van der Waals surface area contributed by atoms with Crippen LogP contribution in [0.15, 0.2) is 18.2 Å². The van der Waals surface area contributed by atoms with Gasteiger partial charge in [0.2, 0.25) is 0 Å². The highest BCUT2D eigenvalue weighted by atomic mass is 16.6. The van der Waals surface area contributed by atoms with Crippen LogP contribution in [0.25, 0.3) is 0 Å². The fourth-order valence-electron chi connectivity index (χ4n) is 1.34. The highest BCUT2D eigenvalue weighted by Crippen LogP contribution is 2.15. The standard InChI is InChI=1S/C13H16N2O2/c1-9-5-10(8-14)7-11(6-9)15-12(16)17-13(2,3)4/h5-7H,1-4H3,(H,15,16). The fraction of sp³-hybridized carbons (Fsp3) is 0.385. The third-order valence-electron chi connectivity index (χ3n) is 1.85. The van der Waals surface area contributed by atoms with E-state index >= 15 is 0 Å². The normalized spacial score (nSPS) is 10.5. The van der Waals surface area contributed by atoms with Crippen LogP contribution in [-0.2, 0) is 4.74 Å². The van der Waals surface area contributed by atoms with Gasteiger partial charge in [0.15, 0.2) is 0 Å². The third kappa shape index (κ3) is 4.56. The maximum absolute atomic E-state index is 11.5. The molecule has 1 aromatic carbocycles. The fourth-order valence-corrected chi connectivity index (χ4v) is 1.34. The summed E-state index contributed by atoms with van der Waals surface area (Å²) >= 11 is 0. The lowest BCUT2D eigenvalue weighted by Gasteiger charge is -2.19. The van der Waals surface area contributed by atoms with E-state index < -0.39 is 11.7 Å². The maximum atomic E-state index is 11.5. The summed E-state index contributed by atoms with van der Waals surface area (Å²) < 4.78 is 5.12. The van der Waals surface area contributed by atoms with E-state index in [1.54, 1.807) is 39.0 Å². The summed E-state index contributed by atoms with van der Waals surface area (Å²) in [4.78, 5) is 11.5. The SMILES string of the molecule is Cc1cc(C#N)cc(NC(=O)OC(C)(C)C)c1. The Morgan fingerprint density at radius 2 is 2.00 bits per heavy atom. The molecule has 90 valence electrons. The highest BCUT2D eigenvalue weighted by Gasteiger charge is 2.16. The van der Waals surface area contributed by atoms with E-state index in [1.807, 2.05) is 13.0 Å². The van der Waals surface area contributed by atoms with Crippen LogP contribution in [0.1, 0.15) is 31.9 Å². The Morgan fingerprint density at radius 1 is 1.35 bits per heavy atom. The number of hydrogen-bond donors (Lipinski definition) is 1. The van der Waals surface area contributed by atoms with Crippen LogP contribution in [0.4, 0.5) is 10.5 Å². The average Bonchev–Trinajstić information content (AvgIpc) is 2.13. The van der Waals surface area contributed by atoms with Gasteiger partial charge in [-0.25, -0.2) is 4.79 Å². The van der Waals surface area contributed by atoms with Crippen LogP contribution < -0.4 is 5.32 Å². The van der Waals surface area contributed by atoms with Gasteiger partial charge in [-0.05, 0) is 51.5 Å². The molecule has 0 aliphatic carbocycles. The van der Waals surface area contributed by atoms with Gasteiger partial charge in [0, 0.05) is 5.69 Å². The van der Waals surface area contributed by atoms with Crippen molar-refractivity contribution in [2.24, 2.45) is 0 Å². The topological polar surface area (TPSA) is 62.1 Å². The zero-order chi connectivity index (χ0) is 13.1. The van der Waals surface area contributed by atoms with Crippen LogP contribution in [0.3, 0.4) is 0 Å². The number of carbonyl (C=O) groups is 1. The molecule has 0 saturated heterocycles. The number of anilines is 1. The van der Waals surface area contributed by atoms with Gasteiger partial charge in [0.1, 0.15) is 5.60 Å². The smallest absolute Gasteiger partial charge is 0.412 e. The summed E-state index contributed by atoms with van der Waals surface area (Å²) in [7, 11) is 0. The Morgan fingerprint density at radius 3 is 2.53 bits per heavy atom. The molecule has 0 atom stereocenters. The van der Waals surface area contributed by atoms with Crippen molar-refractivity contribution in [2.45, 2.75) is 33.3 Å². The second-order valence-corrected chi connectivity index (χ2v) is 4.83. The third-order valence-corrected chi connectivity index (χ3v) is 1.85. The summed E-state index contributed by atoms with van der Waals surface area (Å²) in [6.07, 6.45) is -0.521. The summed E-state index contributed by atoms with van der Waals surface area (Å²) in [5.74, 6) is 0. The zero-order valence-corrected chi connectivity index (χ0v) is 10.5. The molecule has 0 saturated carbocycles. The number of ether oxygens (including phenoxy) is 1. The molecule has 1 rings (SSSR count). The minimum Gasteiger partial charge on any atom is -0.444 e. The predicted octanol–water partition coefficient (Wildman–Crippen LogP) is 3.21. The molecule has 0 spiro atoms. The van der Waals surface area contributed by atoms with E-state index in [-0.39, 0.29) is 0 Å². The first kappa shape index (κ1) is 13.0. The lowest BCUT2D eigenvalue weighted by molar-refractivity contribution is 0.0636. The van der Waals surface area contributed by atoms with E-state index in [4.69, 9.17) is 10.00 Å². The van der Waals surface area contributed by atoms with E-state index in [1.165, 1.54) is 0 Å². The number of benzene rings is 1. The molecule has 0 aliphatic rings. The van der Waals surface area contributed by atoms with Gasteiger partial charge in [0.05, 0.1) is 11.6 Å². The summed E-state index contributed by atoms with van der Waals surface area (Å²) in [6.45, 7) is 7.25. The van der Waals surface area contributed by atoms with E-state index in [0.717, 1.165) is 5.56 Å². The molecule has 17 heavy (non-hydrogen) atoms. The second-order valence-electron chi connectivity index (χ2n) is 4.83. The highest BCUT2D eigenvalue weighted by molar-refractivity contribution is 5.85. The number of amides is 1. The van der Waals surface area contributed by atoms with Crippen LogP contribution in [-0.4, -0.2) is 11.7 Å². The largest absolute Gasteiger partial charge is 0.444 e. The number of nitrogens with one attached hydrogen (secondary N) is 1. The van der Waals surface area contributed by atoms with Gasteiger partial charge in [-0.1, -0.05) is 0 Å². The minimum absolute atomic E-state index is 0.510. The summed E-state index contributed by atoms with van der Waals surface area (Å²) in [5.41, 5.74) is 1.45. The number of carbonyl (C=O) groups excluding carboxylic acids is 1. The Hall–Kier alpha value is -2.02. The molecule has 1 amide bonds. The minimum atomic E-state index is -0.536. The molecule has 0 heterocycles. The molecule has 1 N–H and O–H groups in total. The Bertz CT molecular complexity index is 467. The molecule has 4 nitrogen and oxygen atoms in total. The first-order chi connectivity index (χ1) is 7.80. The van der Waals surface area contributed by atoms with Gasteiger partial charge in [-0.15, -0.1) is 0 Å². The molecule has 0 fully saturated rings. The number of nitrogens with zero attached hydrogens (tertiary/aromatic N) is 1. The molecular formula is C13H16N2O2. The van der Waals surface area contributed by atoms with Gasteiger partial charge < -0.3 is 4.74 Å². The van der Waals surface area contributed by atoms with Gasteiger partial charge >= 0.3 is 6.09 Å². The molecule has 4 heteroatoms. The van der Waals surface area contributed by atoms with Crippen molar-refractivity contribution in [1.29, 1.82) is 5.26 Å². The van der Waals surface area contributed by atoms with Crippen molar-refractivity contribution in [3.8, 4) is 6.07 Å². The maximum Gasteiger partial charge on any atom is 0.412 e. The van der Waals surface area contributed by atoms with Crippen molar-refractivity contribution < 1.29 is 9.53 Å². The van der Waals surface area contributed by atoms with Crippen LogP contribution in [0.5, 0.6) is 0 Å². The van der Waals surface area contributed by atoms with Gasteiger partial charge in [0.25, 0.3) is 0 Å². The zero-order valence-electron chi connectivity index (χ0n) is 10.5. The van der Waals surface area contributed by atoms with E-state index in [2.05, 4.69) is 5.32 Å². The average molecular weight is 232 g/mol. The quantitative estimate of drug-likeness (QED) is 0.808. The Balaban J connectivity index is 2.79. The molecule has 0 bridgehead atoms. The molecule has 1 aromatic rings. The second kappa shape index (κ2) is 4.88.